The maximum atomic E-state index is 13.3. The van der Waals surface area contributed by atoms with Crippen LogP contribution in [0.3, 0.4) is 0 Å². The number of nitrogens with one attached hydrogen (secondary N) is 1. The molecule has 1 atom stereocenters. The van der Waals surface area contributed by atoms with Gasteiger partial charge < -0.3 is 10.2 Å². The molecule has 1 aliphatic rings. The lowest BCUT2D eigenvalue weighted by atomic mass is 10.0. The molecule has 25 heavy (non-hydrogen) atoms. The molecule has 132 valence electrons. The van der Waals surface area contributed by atoms with Gasteiger partial charge in [-0.15, -0.1) is 0 Å². The van der Waals surface area contributed by atoms with Crippen molar-refractivity contribution in [2.75, 3.05) is 18.4 Å². The highest BCUT2D eigenvalue weighted by Crippen LogP contribution is 2.19. The number of halogens is 2. The number of rotatable bonds is 5. The second kappa shape index (κ2) is 8.00. The Labute approximate surface area is 145 Å². The molecule has 0 aliphatic carbocycles. The van der Waals surface area contributed by atoms with E-state index < -0.39 is 11.6 Å². The van der Waals surface area contributed by atoms with E-state index >= 15 is 0 Å². The van der Waals surface area contributed by atoms with E-state index in [4.69, 9.17) is 0 Å². The van der Waals surface area contributed by atoms with Crippen LogP contribution in [0.2, 0.25) is 0 Å². The molecular formula is C18H20F2N4O. The molecule has 5 nitrogen and oxygen atoms in total. The number of hydrogen-bond acceptors (Lipinski definition) is 4. The third kappa shape index (κ3) is 4.71. The molecular weight excluding hydrogens is 326 g/mol. The molecule has 1 unspecified atom stereocenters. The molecule has 1 saturated heterocycles. The molecule has 0 bridgehead atoms. The van der Waals surface area contributed by atoms with Crippen molar-refractivity contribution in [3.63, 3.8) is 0 Å². The molecule has 1 aromatic heterocycles. The fourth-order valence-corrected chi connectivity index (χ4v) is 3.00. The van der Waals surface area contributed by atoms with Crippen LogP contribution in [0, 0.1) is 11.6 Å². The number of nitrogens with zero attached hydrogens (tertiary/aromatic N) is 3. The summed E-state index contributed by atoms with van der Waals surface area (Å²) >= 11 is 0. The van der Waals surface area contributed by atoms with Crippen molar-refractivity contribution < 1.29 is 13.6 Å². The molecule has 3 rings (SSSR count). The van der Waals surface area contributed by atoms with Crippen molar-refractivity contribution in [2.45, 2.75) is 31.7 Å². The summed E-state index contributed by atoms with van der Waals surface area (Å²) in [6.45, 7) is 1.27. The molecule has 1 amide bonds. The zero-order valence-corrected chi connectivity index (χ0v) is 13.8. The second-order valence-corrected chi connectivity index (χ2v) is 6.15. The highest BCUT2D eigenvalue weighted by molar-refractivity contribution is 5.76. The third-order valence-corrected chi connectivity index (χ3v) is 4.28. The van der Waals surface area contributed by atoms with E-state index in [1.165, 1.54) is 6.07 Å². The van der Waals surface area contributed by atoms with Gasteiger partial charge in [0.1, 0.15) is 0 Å². The first kappa shape index (κ1) is 17.3. The number of anilines is 1. The smallest absolute Gasteiger partial charge is 0.223 e. The summed E-state index contributed by atoms with van der Waals surface area (Å²) in [7, 11) is 0. The fraction of sp³-hybridized carbons (Fsp3) is 0.389. The van der Waals surface area contributed by atoms with Crippen LogP contribution in [-0.4, -0.2) is 39.9 Å². The van der Waals surface area contributed by atoms with E-state index in [-0.39, 0.29) is 11.9 Å². The maximum absolute atomic E-state index is 13.3. The van der Waals surface area contributed by atoms with Crippen LogP contribution in [0.1, 0.15) is 25.0 Å². The highest BCUT2D eigenvalue weighted by atomic mass is 19.2. The maximum Gasteiger partial charge on any atom is 0.223 e. The molecule has 1 N–H and O–H groups in total. The number of aromatic nitrogens is 2. The molecule has 1 aliphatic heterocycles. The number of likely N-dealkylation sites (tertiary alicyclic amines) is 1. The SMILES string of the molecule is O=C(CCc1cnccn1)N1CCCC(Nc2ccc(F)c(F)c2)C1. The van der Waals surface area contributed by atoms with Crippen LogP contribution in [-0.2, 0) is 11.2 Å². The number of benzene rings is 1. The Kier molecular flexibility index (Phi) is 5.53. The summed E-state index contributed by atoms with van der Waals surface area (Å²) in [5, 5.41) is 3.18. The van der Waals surface area contributed by atoms with E-state index in [1.807, 2.05) is 4.90 Å². The summed E-state index contributed by atoms with van der Waals surface area (Å²) in [4.78, 5) is 22.4. The molecule has 1 fully saturated rings. The van der Waals surface area contributed by atoms with Gasteiger partial charge in [0, 0.05) is 55.9 Å². The third-order valence-electron chi connectivity index (χ3n) is 4.28. The Morgan fingerprint density at radius 3 is 2.92 bits per heavy atom. The Balaban J connectivity index is 1.53. The zero-order chi connectivity index (χ0) is 17.6. The summed E-state index contributed by atoms with van der Waals surface area (Å²) < 4.78 is 26.3. The van der Waals surface area contributed by atoms with Gasteiger partial charge in [0.25, 0.3) is 0 Å². The first-order valence-electron chi connectivity index (χ1n) is 8.36. The van der Waals surface area contributed by atoms with Gasteiger partial charge in [-0.05, 0) is 31.4 Å². The topological polar surface area (TPSA) is 58.1 Å². The number of amides is 1. The van der Waals surface area contributed by atoms with Crippen LogP contribution in [0.5, 0.6) is 0 Å². The van der Waals surface area contributed by atoms with Crippen molar-refractivity contribution in [2.24, 2.45) is 0 Å². The zero-order valence-electron chi connectivity index (χ0n) is 13.8. The fourth-order valence-electron chi connectivity index (χ4n) is 3.00. The van der Waals surface area contributed by atoms with Crippen LogP contribution in [0.15, 0.2) is 36.8 Å². The lowest BCUT2D eigenvalue weighted by molar-refractivity contribution is -0.132. The van der Waals surface area contributed by atoms with E-state index in [1.54, 1.807) is 18.6 Å². The molecule has 2 heterocycles. The lowest BCUT2D eigenvalue weighted by Gasteiger charge is -2.33. The average Bonchev–Trinajstić information content (AvgIpc) is 2.64. The second-order valence-electron chi connectivity index (χ2n) is 6.15. The minimum absolute atomic E-state index is 0.0269. The van der Waals surface area contributed by atoms with Crippen molar-refractivity contribution in [1.29, 1.82) is 0 Å². The van der Waals surface area contributed by atoms with Gasteiger partial charge in [0.15, 0.2) is 11.6 Å². The van der Waals surface area contributed by atoms with Gasteiger partial charge in [-0.1, -0.05) is 0 Å². The predicted octanol–water partition coefficient (Wildman–Crippen LogP) is 2.79. The van der Waals surface area contributed by atoms with Gasteiger partial charge in [-0.3, -0.25) is 14.8 Å². The molecule has 0 spiro atoms. The molecule has 1 aromatic carbocycles. The van der Waals surface area contributed by atoms with Crippen LogP contribution in [0.4, 0.5) is 14.5 Å². The molecule has 2 aromatic rings. The Morgan fingerprint density at radius 1 is 1.28 bits per heavy atom. The van der Waals surface area contributed by atoms with Crippen LogP contribution in [0.25, 0.3) is 0 Å². The average molecular weight is 346 g/mol. The number of piperidine rings is 1. The summed E-state index contributed by atoms with van der Waals surface area (Å²) in [6.07, 6.45) is 7.58. The van der Waals surface area contributed by atoms with Crippen molar-refractivity contribution in [3.8, 4) is 0 Å². The molecule has 0 radical (unpaired) electrons. The first-order valence-corrected chi connectivity index (χ1v) is 8.36. The van der Waals surface area contributed by atoms with Gasteiger partial charge >= 0.3 is 0 Å². The number of aryl methyl sites for hydroxylation is 1. The monoisotopic (exact) mass is 346 g/mol. The Morgan fingerprint density at radius 2 is 2.16 bits per heavy atom. The molecule has 0 saturated carbocycles. The van der Waals surface area contributed by atoms with Gasteiger partial charge in [-0.25, -0.2) is 8.78 Å². The van der Waals surface area contributed by atoms with E-state index in [0.717, 1.165) is 37.2 Å². The van der Waals surface area contributed by atoms with Gasteiger partial charge in [-0.2, -0.15) is 0 Å². The highest BCUT2D eigenvalue weighted by Gasteiger charge is 2.23. The van der Waals surface area contributed by atoms with E-state index in [9.17, 15) is 13.6 Å². The van der Waals surface area contributed by atoms with Crippen LogP contribution >= 0.6 is 0 Å². The lowest BCUT2D eigenvalue weighted by Crippen LogP contribution is -2.45. The standard InChI is InChI=1S/C18H20F2N4O/c19-16-5-3-13(10-17(16)20)23-15-2-1-9-24(12-15)18(25)6-4-14-11-21-7-8-22-14/h3,5,7-8,10-11,15,23H,1-2,4,6,9,12H2. The van der Waals surface area contributed by atoms with Gasteiger partial charge in [0.05, 0.1) is 5.69 Å². The van der Waals surface area contributed by atoms with Crippen LogP contribution < -0.4 is 5.32 Å². The van der Waals surface area contributed by atoms with E-state index in [0.29, 0.717) is 25.1 Å². The Bertz CT molecular complexity index is 726. The largest absolute Gasteiger partial charge is 0.380 e. The quantitative estimate of drug-likeness (QED) is 0.904. The van der Waals surface area contributed by atoms with Gasteiger partial charge in [0.2, 0.25) is 5.91 Å². The first-order chi connectivity index (χ1) is 12.1. The normalized spacial score (nSPS) is 17.4. The van der Waals surface area contributed by atoms with Crippen molar-refractivity contribution in [1.82, 2.24) is 14.9 Å². The van der Waals surface area contributed by atoms with E-state index in [2.05, 4.69) is 15.3 Å². The minimum atomic E-state index is -0.877. The molecule has 7 heteroatoms. The number of hydrogen-bond donors (Lipinski definition) is 1. The summed E-state index contributed by atoms with van der Waals surface area (Å²) in [6, 6.07) is 3.78. The summed E-state index contributed by atoms with van der Waals surface area (Å²) in [5.41, 5.74) is 1.32. The Hall–Kier alpha value is -2.57. The number of carbonyl (C=O) groups excluding carboxylic acids is 1. The van der Waals surface area contributed by atoms with Crippen molar-refractivity contribution >= 4 is 11.6 Å². The number of carbonyl (C=O) groups is 1. The minimum Gasteiger partial charge on any atom is -0.380 e. The predicted molar refractivity (Wildman–Crippen MR) is 89.9 cm³/mol. The summed E-state index contributed by atoms with van der Waals surface area (Å²) in [5.74, 6) is -1.67. The van der Waals surface area contributed by atoms with Crippen molar-refractivity contribution in [3.05, 3.63) is 54.1 Å².